The highest BCUT2D eigenvalue weighted by Crippen LogP contribution is 2.23. The first-order valence-corrected chi connectivity index (χ1v) is 29.2. The number of carbonyl (C=O) groups excluding carboxylic acids is 1. The molecule has 0 aromatic carbocycles. The van der Waals surface area contributed by atoms with Gasteiger partial charge in [0.25, 0.3) is 0 Å². The average molecular weight is 983 g/mol. The number of amides is 1. The van der Waals surface area contributed by atoms with Gasteiger partial charge in [-0.1, -0.05) is 231 Å². The van der Waals surface area contributed by atoms with Crippen molar-refractivity contribution in [3.8, 4) is 0 Å². The van der Waals surface area contributed by atoms with E-state index in [9.17, 15) is 40.5 Å². The lowest BCUT2D eigenvalue weighted by atomic mass is 9.98. The minimum Gasteiger partial charge on any atom is -0.394 e. The van der Waals surface area contributed by atoms with Crippen molar-refractivity contribution in [2.24, 2.45) is 0 Å². The minimum atomic E-state index is -1.67. The molecule has 0 aromatic rings. The smallest absolute Gasteiger partial charge is 0.249 e. The Kier molecular flexibility index (Phi) is 45.2. The zero-order chi connectivity index (χ0) is 50.4. The lowest BCUT2D eigenvalue weighted by molar-refractivity contribution is -0.303. The summed E-state index contributed by atoms with van der Waals surface area (Å²) in [5.74, 6) is -0.708. The second kappa shape index (κ2) is 47.6. The van der Waals surface area contributed by atoms with Crippen LogP contribution in [0.3, 0.4) is 0 Å². The van der Waals surface area contributed by atoms with Crippen molar-refractivity contribution in [2.75, 3.05) is 13.2 Å². The van der Waals surface area contributed by atoms with Crippen LogP contribution in [0.1, 0.15) is 271 Å². The highest BCUT2D eigenvalue weighted by atomic mass is 16.7. The maximum absolute atomic E-state index is 13.2. The molecule has 1 amide bonds. The summed E-state index contributed by atoms with van der Waals surface area (Å²) in [6, 6.07) is -1.19. The van der Waals surface area contributed by atoms with Crippen LogP contribution in [0, 0.1) is 0 Å². The summed E-state index contributed by atoms with van der Waals surface area (Å²) in [6.45, 7) is 3.47. The Balaban J connectivity index is 2.34. The molecule has 0 aliphatic carbocycles. The molecule has 1 aliphatic rings. The average Bonchev–Trinajstić information content (AvgIpc) is 3.35. The Morgan fingerprint density at radius 1 is 0.493 bits per heavy atom. The predicted molar refractivity (Wildman–Crippen MR) is 284 cm³/mol. The van der Waals surface area contributed by atoms with Gasteiger partial charge in [0, 0.05) is 0 Å². The normalized spacial score (nSPS) is 20.5. The fourth-order valence-corrected chi connectivity index (χ4v) is 9.44. The standard InChI is InChI=1S/C58H111NO10/c1-3-5-7-9-11-13-15-17-19-21-23-25-26-28-30-32-34-36-38-40-42-44-46-51(62)57(67)59-49(48-68-58-56(66)55(65)54(64)52(47-60)69-58)53(63)50(61)45-43-41-39-37-35-33-31-29-27-24-22-20-18-16-14-12-10-8-6-4-2/h28,30,37,39,49-56,58,60-66H,3-27,29,31-36,38,40-48H2,1-2H3,(H,59,67)/b30-28-,39-37+. The molecule has 8 N–H and O–H groups in total. The number of hydrogen-bond acceptors (Lipinski definition) is 10. The van der Waals surface area contributed by atoms with E-state index in [-0.39, 0.29) is 12.8 Å². The molecule has 1 saturated heterocycles. The maximum atomic E-state index is 13.2. The van der Waals surface area contributed by atoms with E-state index in [1.807, 2.05) is 0 Å². The van der Waals surface area contributed by atoms with Crippen LogP contribution in [-0.2, 0) is 14.3 Å². The first kappa shape index (κ1) is 65.6. The second-order valence-electron chi connectivity index (χ2n) is 20.7. The van der Waals surface area contributed by atoms with Gasteiger partial charge in [0.05, 0.1) is 25.4 Å². The van der Waals surface area contributed by atoms with E-state index in [4.69, 9.17) is 9.47 Å². The van der Waals surface area contributed by atoms with Gasteiger partial charge in [-0.25, -0.2) is 0 Å². The fraction of sp³-hybridized carbons (Fsp3) is 0.914. The SMILES string of the molecule is CCCCCCCCCCCCCC/C=C\CCCCCCCCC(O)C(=O)NC(COC1OC(CO)C(O)C(O)C1O)C(O)C(O)CCC/C=C/CCCCCCCCCCCCCCCCC. The lowest BCUT2D eigenvalue weighted by Gasteiger charge is -2.40. The molecule has 69 heavy (non-hydrogen) atoms. The van der Waals surface area contributed by atoms with Crippen LogP contribution < -0.4 is 5.32 Å². The van der Waals surface area contributed by atoms with Crippen LogP contribution in [0.5, 0.6) is 0 Å². The van der Waals surface area contributed by atoms with Gasteiger partial charge in [-0.15, -0.1) is 0 Å². The van der Waals surface area contributed by atoms with Gasteiger partial charge in [0.15, 0.2) is 6.29 Å². The predicted octanol–water partition coefficient (Wildman–Crippen LogP) is 12.1. The molecule has 11 heteroatoms. The molecular formula is C58H111NO10. The number of nitrogens with one attached hydrogen (secondary N) is 1. The first-order chi connectivity index (χ1) is 33.7. The van der Waals surface area contributed by atoms with Crippen LogP contribution >= 0.6 is 0 Å². The van der Waals surface area contributed by atoms with Crippen molar-refractivity contribution >= 4 is 5.91 Å². The van der Waals surface area contributed by atoms with E-state index in [1.54, 1.807) is 0 Å². The van der Waals surface area contributed by atoms with Crippen LogP contribution in [-0.4, -0.2) is 110 Å². The topological polar surface area (TPSA) is 189 Å². The Labute approximate surface area is 423 Å². The van der Waals surface area contributed by atoms with E-state index >= 15 is 0 Å². The molecule has 9 atom stereocenters. The number of aliphatic hydroxyl groups is 7. The minimum absolute atomic E-state index is 0.248. The summed E-state index contributed by atoms with van der Waals surface area (Å²) in [4.78, 5) is 13.2. The fourth-order valence-electron chi connectivity index (χ4n) is 9.44. The monoisotopic (exact) mass is 982 g/mol. The number of rotatable bonds is 50. The highest BCUT2D eigenvalue weighted by Gasteiger charge is 2.44. The van der Waals surface area contributed by atoms with E-state index in [0.717, 1.165) is 57.8 Å². The van der Waals surface area contributed by atoms with Crippen molar-refractivity contribution in [1.29, 1.82) is 0 Å². The third-order valence-electron chi connectivity index (χ3n) is 14.2. The second-order valence-corrected chi connectivity index (χ2v) is 20.7. The zero-order valence-corrected chi connectivity index (χ0v) is 44.6. The Hall–Kier alpha value is -1.41. The highest BCUT2D eigenvalue weighted by molar-refractivity contribution is 5.80. The van der Waals surface area contributed by atoms with Gasteiger partial charge < -0.3 is 50.5 Å². The molecule has 1 heterocycles. The summed E-state index contributed by atoms with van der Waals surface area (Å²) in [5.41, 5.74) is 0. The molecule has 0 spiro atoms. The van der Waals surface area contributed by atoms with Gasteiger partial charge in [0.2, 0.25) is 5.91 Å². The third-order valence-corrected chi connectivity index (χ3v) is 14.2. The number of aliphatic hydroxyl groups excluding tert-OH is 7. The van der Waals surface area contributed by atoms with Crippen LogP contribution in [0.4, 0.5) is 0 Å². The molecule has 1 aliphatic heterocycles. The molecule has 0 radical (unpaired) electrons. The summed E-state index contributed by atoms with van der Waals surface area (Å²) in [7, 11) is 0. The van der Waals surface area contributed by atoms with Gasteiger partial charge >= 0.3 is 0 Å². The van der Waals surface area contributed by atoms with Crippen molar-refractivity contribution < 1.29 is 50.0 Å². The Morgan fingerprint density at radius 3 is 1.25 bits per heavy atom. The number of unbranched alkanes of at least 4 members (excludes halogenated alkanes) is 34. The maximum Gasteiger partial charge on any atom is 0.249 e. The summed E-state index contributed by atoms with van der Waals surface area (Å²) in [6.07, 6.45) is 45.2. The van der Waals surface area contributed by atoms with E-state index < -0.39 is 74.2 Å². The molecule has 1 fully saturated rings. The van der Waals surface area contributed by atoms with Gasteiger partial charge in [-0.05, 0) is 64.2 Å². The van der Waals surface area contributed by atoms with Crippen molar-refractivity contribution in [3.63, 3.8) is 0 Å². The molecule has 9 unspecified atom stereocenters. The Morgan fingerprint density at radius 2 is 0.855 bits per heavy atom. The lowest BCUT2D eigenvalue weighted by Crippen LogP contribution is -2.60. The van der Waals surface area contributed by atoms with Gasteiger partial charge in [-0.2, -0.15) is 0 Å². The summed E-state index contributed by atoms with van der Waals surface area (Å²) < 4.78 is 11.1. The van der Waals surface area contributed by atoms with Crippen molar-refractivity contribution in [3.05, 3.63) is 24.3 Å². The molecule has 11 nitrogen and oxygen atoms in total. The van der Waals surface area contributed by atoms with Gasteiger partial charge in [0.1, 0.15) is 36.6 Å². The number of ether oxygens (including phenoxy) is 2. The molecule has 0 aromatic heterocycles. The van der Waals surface area contributed by atoms with Crippen LogP contribution in [0.15, 0.2) is 24.3 Å². The van der Waals surface area contributed by atoms with E-state index in [0.29, 0.717) is 12.8 Å². The summed E-state index contributed by atoms with van der Waals surface area (Å²) >= 11 is 0. The number of carbonyl (C=O) groups is 1. The number of allylic oxidation sites excluding steroid dienone is 4. The molecule has 0 saturated carbocycles. The third kappa shape index (κ3) is 36.2. The molecule has 0 bridgehead atoms. The summed E-state index contributed by atoms with van der Waals surface area (Å²) in [5, 5.41) is 76.1. The first-order valence-electron chi connectivity index (χ1n) is 29.2. The molecule has 1 rings (SSSR count). The number of hydrogen-bond donors (Lipinski definition) is 8. The van der Waals surface area contributed by atoms with Crippen LogP contribution in [0.25, 0.3) is 0 Å². The van der Waals surface area contributed by atoms with Crippen LogP contribution in [0.2, 0.25) is 0 Å². The molecule has 408 valence electrons. The quantitative estimate of drug-likeness (QED) is 0.0215. The van der Waals surface area contributed by atoms with E-state index in [2.05, 4.69) is 43.5 Å². The molecular weight excluding hydrogens is 871 g/mol. The van der Waals surface area contributed by atoms with Crippen molar-refractivity contribution in [2.45, 2.75) is 326 Å². The largest absolute Gasteiger partial charge is 0.394 e. The van der Waals surface area contributed by atoms with E-state index in [1.165, 1.54) is 173 Å². The Bertz CT molecular complexity index is 1170. The van der Waals surface area contributed by atoms with Gasteiger partial charge in [-0.3, -0.25) is 4.79 Å². The van der Waals surface area contributed by atoms with Crippen molar-refractivity contribution in [1.82, 2.24) is 5.32 Å². The zero-order valence-electron chi connectivity index (χ0n) is 44.6.